The zero-order chi connectivity index (χ0) is 19.8. The number of hydrogen-bond donors (Lipinski definition) is 2. The van der Waals surface area contributed by atoms with Gasteiger partial charge in [0.2, 0.25) is 0 Å². The molecule has 29 heavy (non-hydrogen) atoms. The van der Waals surface area contributed by atoms with E-state index in [4.69, 9.17) is 14.5 Å². The third-order valence-corrected chi connectivity index (χ3v) is 5.45. The standard InChI is InChI=1S/C22H36N4O2.HI/c1-4-23-21(25-17-22(2,3)26-11-13-27-14-12-26)24-15-19-7-5-6-8-20(19)28-16-18-9-10-18;/h5-8,18H,4,9-17H2,1-3H3,(H2,23,24,25);1H. The van der Waals surface area contributed by atoms with Crippen molar-refractivity contribution in [1.82, 2.24) is 15.5 Å². The smallest absolute Gasteiger partial charge is 0.191 e. The second kappa shape index (κ2) is 12.0. The van der Waals surface area contributed by atoms with Crippen LogP contribution in [0.2, 0.25) is 0 Å². The average molecular weight is 516 g/mol. The highest BCUT2D eigenvalue weighted by molar-refractivity contribution is 14.0. The molecule has 0 atom stereocenters. The molecule has 0 radical (unpaired) electrons. The molecule has 0 unspecified atom stereocenters. The maximum Gasteiger partial charge on any atom is 0.191 e. The molecule has 0 bridgehead atoms. The molecule has 2 aliphatic rings. The molecule has 3 rings (SSSR count). The van der Waals surface area contributed by atoms with Crippen LogP contribution in [0.15, 0.2) is 29.3 Å². The molecular weight excluding hydrogens is 479 g/mol. The predicted molar refractivity (Wildman–Crippen MR) is 129 cm³/mol. The van der Waals surface area contributed by atoms with Crippen molar-refractivity contribution in [2.24, 2.45) is 10.9 Å². The maximum atomic E-state index is 6.02. The van der Waals surface area contributed by atoms with E-state index in [1.165, 1.54) is 12.8 Å². The lowest BCUT2D eigenvalue weighted by Crippen LogP contribution is -2.56. The molecule has 7 heteroatoms. The van der Waals surface area contributed by atoms with Gasteiger partial charge in [-0.3, -0.25) is 4.90 Å². The number of morpholine rings is 1. The number of guanidine groups is 1. The second-order valence-electron chi connectivity index (χ2n) is 8.32. The number of halogens is 1. The highest BCUT2D eigenvalue weighted by Gasteiger charge is 2.28. The van der Waals surface area contributed by atoms with Crippen molar-refractivity contribution in [1.29, 1.82) is 0 Å². The molecule has 0 spiro atoms. The van der Waals surface area contributed by atoms with Gasteiger partial charge >= 0.3 is 0 Å². The first-order valence-corrected chi connectivity index (χ1v) is 10.6. The van der Waals surface area contributed by atoms with Crippen LogP contribution in [-0.2, 0) is 11.3 Å². The maximum absolute atomic E-state index is 6.02. The molecular formula is C22H37IN4O2. The molecule has 2 fully saturated rings. The fourth-order valence-corrected chi connectivity index (χ4v) is 3.35. The monoisotopic (exact) mass is 516 g/mol. The summed E-state index contributed by atoms with van der Waals surface area (Å²) < 4.78 is 11.5. The third-order valence-electron chi connectivity index (χ3n) is 5.45. The molecule has 1 aliphatic carbocycles. The number of ether oxygens (including phenoxy) is 2. The largest absolute Gasteiger partial charge is 0.493 e. The minimum absolute atomic E-state index is 0. The molecule has 0 aromatic heterocycles. The number of benzene rings is 1. The fourth-order valence-electron chi connectivity index (χ4n) is 3.35. The first-order valence-electron chi connectivity index (χ1n) is 10.6. The summed E-state index contributed by atoms with van der Waals surface area (Å²) in [5.74, 6) is 2.56. The van der Waals surface area contributed by atoms with Gasteiger partial charge < -0.3 is 20.1 Å². The number of hydrogen-bond acceptors (Lipinski definition) is 4. The van der Waals surface area contributed by atoms with Crippen LogP contribution >= 0.6 is 24.0 Å². The highest BCUT2D eigenvalue weighted by atomic mass is 127. The summed E-state index contributed by atoms with van der Waals surface area (Å²) in [5.41, 5.74) is 1.18. The Morgan fingerprint density at radius 3 is 2.62 bits per heavy atom. The molecule has 0 amide bonds. The van der Waals surface area contributed by atoms with Gasteiger partial charge in [0.1, 0.15) is 5.75 Å². The van der Waals surface area contributed by atoms with Crippen LogP contribution in [-0.4, -0.2) is 62.4 Å². The number of para-hydroxylation sites is 1. The van der Waals surface area contributed by atoms with Gasteiger partial charge in [0.15, 0.2) is 5.96 Å². The van der Waals surface area contributed by atoms with Crippen LogP contribution in [0.4, 0.5) is 0 Å². The molecule has 1 heterocycles. The number of aliphatic imine (C=N–C) groups is 1. The van der Waals surface area contributed by atoms with Crippen molar-refractivity contribution in [3.8, 4) is 5.75 Å². The molecule has 1 saturated carbocycles. The van der Waals surface area contributed by atoms with E-state index in [0.717, 1.165) is 69.2 Å². The van der Waals surface area contributed by atoms with Gasteiger partial charge in [0.05, 0.1) is 26.4 Å². The highest BCUT2D eigenvalue weighted by Crippen LogP contribution is 2.30. The summed E-state index contributed by atoms with van der Waals surface area (Å²) >= 11 is 0. The second-order valence-corrected chi connectivity index (χ2v) is 8.32. The zero-order valence-corrected chi connectivity index (χ0v) is 20.4. The molecule has 164 valence electrons. The summed E-state index contributed by atoms with van der Waals surface area (Å²) in [5, 5.41) is 6.89. The van der Waals surface area contributed by atoms with Gasteiger partial charge in [0, 0.05) is 37.3 Å². The molecule has 1 aromatic carbocycles. The van der Waals surface area contributed by atoms with Crippen LogP contribution in [0.1, 0.15) is 39.2 Å². The number of nitrogens with zero attached hydrogens (tertiary/aromatic N) is 2. The van der Waals surface area contributed by atoms with Crippen LogP contribution in [0.5, 0.6) is 5.75 Å². The lowest BCUT2D eigenvalue weighted by molar-refractivity contribution is -0.00834. The first kappa shape index (κ1) is 24.2. The zero-order valence-electron chi connectivity index (χ0n) is 18.1. The van der Waals surface area contributed by atoms with Crippen LogP contribution in [0.3, 0.4) is 0 Å². The van der Waals surface area contributed by atoms with Crippen molar-refractivity contribution >= 4 is 29.9 Å². The van der Waals surface area contributed by atoms with E-state index in [-0.39, 0.29) is 29.5 Å². The van der Waals surface area contributed by atoms with Gasteiger partial charge in [-0.25, -0.2) is 4.99 Å². The van der Waals surface area contributed by atoms with Crippen molar-refractivity contribution in [2.45, 2.75) is 45.7 Å². The third kappa shape index (κ3) is 7.94. The van der Waals surface area contributed by atoms with E-state index < -0.39 is 0 Å². The van der Waals surface area contributed by atoms with E-state index in [9.17, 15) is 0 Å². The van der Waals surface area contributed by atoms with Crippen molar-refractivity contribution in [3.63, 3.8) is 0 Å². The van der Waals surface area contributed by atoms with E-state index in [0.29, 0.717) is 6.54 Å². The Morgan fingerprint density at radius 2 is 1.93 bits per heavy atom. The van der Waals surface area contributed by atoms with Gasteiger partial charge in [-0.15, -0.1) is 24.0 Å². The average Bonchev–Trinajstić information content (AvgIpc) is 3.54. The van der Waals surface area contributed by atoms with Crippen molar-refractivity contribution in [3.05, 3.63) is 29.8 Å². The number of rotatable bonds is 9. The van der Waals surface area contributed by atoms with Gasteiger partial charge in [0.25, 0.3) is 0 Å². The molecule has 1 aromatic rings. The Balaban J connectivity index is 0.00000300. The van der Waals surface area contributed by atoms with E-state index in [1.54, 1.807) is 0 Å². The van der Waals surface area contributed by atoms with Crippen molar-refractivity contribution in [2.75, 3.05) is 46.0 Å². The Hall–Kier alpha value is -1.06. The van der Waals surface area contributed by atoms with Crippen LogP contribution in [0.25, 0.3) is 0 Å². The van der Waals surface area contributed by atoms with Crippen LogP contribution in [0, 0.1) is 5.92 Å². The molecule has 1 aliphatic heterocycles. The Bertz CT molecular complexity index is 643. The van der Waals surface area contributed by atoms with Gasteiger partial charge in [-0.2, -0.15) is 0 Å². The Labute approximate surface area is 192 Å². The fraction of sp³-hybridized carbons (Fsp3) is 0.682. The normalized spacial score (nSPS) is 18.1. The minimum Gasteiger partial charge on any atom is -0.493 e. The van der Waals surface area contributed by atoms with E-state index in [2.05, 4.69) is 54.5 Å². The number of nitrogens with one attached hydrogen (secondary N) is 2. The lowest BCUT2D eigenvalue weighted by Gasteiger charge is -2.41. The van der Waals surface area contributed by atoms with Gasteiger partial charge in [-0.1, -0.05) is 18.2 Å². The molecule has 6 nitrogen and oxygen atoms in total. The summed E-state index contributed by atoms with van der Waals surface area (Å²) in [6.45, 7) is 13.3. The first-order chi connectivity index (χ1) is 13.6. The van der Waals surface area contributed by atoms with Crippen molar-refractivity contribution < 1.29 is 9.47 Å². The summed E-state index contributed by atoms with van der Waals surface area (Å²) in [6, 6.07) is 8.24. The van der Waals surface area contributed by atoms with E-state index >= 15 is 0 Å². The summed E-state index contributed by atoms with van der Waals surface area (Å²) in [6.07, 6.45) is 2.60. The minimum atomic E-state index is 0. The molecule has 2 N–H and O–H groups in total. The topological polar surface area (TPSA) is 58.1 Å². The summed E-state index contributed by atoms with van der Waals surface area (Å²) in [4.78, 5) is 7.29. The summed E-state index contributed by atoms with van der Waals surface area (Å²) in [7, 11) is 0. The van der Waals surface area contributed by atoms with Gasteiger partial charge in [-0.05, 0) is 45.6 Å². The molecule has 1 saturated heterocycles. The lowest BCUT2D eigenvalue weighted by atomic mass is 10.0. The Morgan fingerprint density at radius 1 is 1.21 bits per heavy atom. The van der Waals surface area contributed by atoms with E-state index in [1.807, 2.05) is 6.07 Å². The predicted octanol–water partition coefficient (Wildman–Crippen LogP) is 3.26. The van der Waals surface area contributed by atoms with Crippen LogP contribution < -0.4 is 15.4 Å². The quantitative estimate of drug-likeness (QED) is 0.300. The Kier molecular flexibility index (Phi) is 9.98. The SMILES string of the molecule is CCNC(=NCc1ccccc1OCC1CC1)NCC(C)(C)N1CCOCC1.I.